The van der Waals surface area contributed by atoms with E-state index in [2.05, 4.69) is 65.1 Å². The summed E-state index contributed by atoms with van der Waals surface area (Å²) >= 11 is 45.7. The van der Waals surface area contributed by atoms with E-state index in [0.717, 1.165) is 58.5 Å². The summed E-state index contributed by atoms with van der Waals surface area (Å²) in [7, 11) is 10.4. The third kappa shape index (κ3) is 19.2. The first-order valence-corrected chi connectivity index (χ1v) is 44.6. The number of imidazole rings is 4. The molecule has 4 atom stereocenters. The van der Waals surface area contributed by atoms with Crippen LogP contribution in [0.4, 0.5) is 22.0 Å². The first kappa shape index (κ1) is 97.8. The number of benzene rings is 6. The summed E-state index contributed by atoms with van der Waals surface area (Å²) in [5.74, 6) is -1.41. The van der Waals surface area contributed by atoms with E-state index in [1.54, 1.807) is 95.9 Å². The van der Waals surface area contributed by atoms with E-state index in [1.807, 2.05) is 175 Å². The van der Waals surface area contributed by atoms with Crippen molar-refractivity contribution in [1.29, 1.82) is 0 Å². The van der Waals surface area contributed by atoms with Crippen LogP contribution in [-0.4, -0.2) is 122 Å². The lowest BCUT2D eigenvalue weighted by molar-refractivity contribution is -0.141. The lowest BCUT2D eigenvalue weighted by atomic mass is 9.81. The van der Waals surface area contributed by atoms with Crippen molar-refractivity contribution in [3.63, 3.8) is 0 Å². The molecule has 698 valence electrons. The van der Waals surface area contributed by atoms with Crippen LogP contribution in [0.2, 0.25) is 35.5 Å². The monoisotopic (exact) mass is 1980 g/mol. The van der Waals surface area contributed by atoms with Crippen LogP contribution in [0.5, 0.6) is 17.4 Å². The van der Waals surface area contributed by atoms with Crippen molar-refractivity contribution in [1.82, 2.24) is 88.1 Å². The van der Waals surface area contributed by atoms with E-state index in [0.29, 0.717) is 135 Å². The van der Waals surface area contributed by atoms with Gasteiger partial charge in [-0.3, -0.25) is 15.0 Å². The van der Waals surface area contributed by atoms with Crippen LogP contribution in [0.25, 0.3) is 43.6 Å². The minimum absolute atomic E-state index is 0.0630. The van der Waals surface area contributed by atoms with Crippen LogP contribution in [0, 0.1) is 27.7 Å². The Bertz CT molecular complexity index is 7480. The molecule has 18 rings (SSSR count). The van der Waals surface area contributed by atoms with Gasteiger partial charge in [-0.2, -0.15) is 13.2 Å². The third-order valence-corrected chi connectivity index (χ3v) is 26.0. The number of alkyl halides is 5. The number of aliphatic hydroxyl groups is 4. The number of ether oxygens (including phenoxy) is 3. The molecular weight excluding hydrogens is 1900 g/mol. The predicted molar refractivity (Wildman–Crippen MR) is 513 cm³/mol. The molecular formula is C99H86Cl7F5N18O7. The molecule has 12 heterocycles. The average Bonchev–Trinajstić information content (AvgIpc) is 1.61. The molecule has 0 spiro atoms. The number of methoxy groups -OCH3 is 1. The van der Waals surface area contributed by atoms with Gasteiger partial charge in [-0.05, 0) is 147 Å². The highest BCUT2D eigenvalue weighted by molar-refractivity contribution is 6.41. The Kier molecular flexibility index (Phi) is 28.5. The van der Waals surface area contributed by atoms with E-state index >= 15 is 0 Å². The Morgan fingerprint density at radius 1 is 0.404 bits per heavy atom. The first-order valence-electron chi connectivity index (χ1n) is 42.0. The zero-order valence-corrected chi connectivity index (χ0v) is 80.2. The van der Waals surface area contributed by atoms with Crippen molar-refractivity contribution in [2.45, 2.75) is 102 Å². The molecule has 0 fully saturated rings. The molecule has 6 aromatic carbocycles. The molecule has 0 aliphatic carbocycles. The number of hydrogen-bond donors (Lipinski definition) is 4. The van der Waals surface area contributed by atoms with Gasteiger partial charge in [0.1, 0.15) is 40.7 Å². The summed E-state index contributed by atoms with van der Waals surface area (Å²) in [6, 6.07) is 48.5. The van der Waals surface area contributed by atoms with Gasteiger partial charge in [0, 0.05) is 121 Å². The van der Waals surface area contributed by atoms with Crippen molar-refractivity contribution >= 4 is 125 Å². The molecule has 37 heteroatoms. The molecule has 0 aliphatic rings. The van der Waals surface area contributed by atoms with Crippen LogP contribution in [0.15, 0.2) is 232 Å². The second-order valence-electron chi connectivity index (χ2n) is 32.5. The molecule has 0 radical (unpaired) electrons. The van der Waals surface area contributed by atoms with Gasteiger partial charge in [-0.15, -0.1) is 5.10 Å². The predicted octanol–water partition coefficient (Wildman–Crippen LogP) is 21.1. The summed E-state index contributed by atoms with van der Waals surface area (Å²) < 4.78 is 93.2. The fraction of sp³-hybridized carbons (Fsp3) is 0.222. The summed E-state index contributed by atoms with van der Waals surface area (Å²) in [4.78, 5) is 46.9. The van der Waals surface area contributed by atoms with Gasteiger partial charge < -0.3 is 52.9 Å². The number of hydrogen-bond acceptors (Lipinski definition) is 20. The maximum Gasteiger partial charge on any atom is 0.433 e. The smallest absolute Gasteiger partial charge is 0.433 e. The second kappa shape index (κ2) is 39.6. The van der Waals surface area contributed by atoms with Gasteiger partial charge in [-0.1, -0.05) is 190 Å². The van der Waals surface area contributed by atoms with Crippen LogP contribution < -0.4 is 14.2 Å². The van der Waals surface area contributed by atoms with Crippen molar-refractivity contribution in [3.8, 4) is 17.4 Å². The van der Waals surface area contributed by atoms with Crippen molar-refractivity contribution in [3.05, 3.63) is 386 Å². The minimum Gasteiger partial charge on any atom is -0.484 e. The maximum absolute atomic E-state index is 13.8. The largest absolute Gasteiger partial charge is 0.484 e. The van der Waals surface area contributed by atoms with Crippen LogP contribution in [0.1, 0.15) is 132 Å². The number of nitrogens with zero attached hydrogens (tertiary/aromatic N) is 18. The number of fused-ring (bicyclic) bond motifs is 4. The standard InChI is InChI=1S/C28H25ClN4O3.C27H22Cl2N4O2.C24H19Cl2F5N4O.C20H20Cl2N6O/c1-18-9-10-21(14-31-18)28(34,24-15-30-17-33(24)2)20-11-12-23-22(13-20)25(29)26(27(32-23)35-3)36-16-19-7-5-4-6-8-19;1-17-8-9-20(13-31-17)27(34,23-14-30-16-33(23)2)19-10-11-22-21(12-19)24(28)25(26(29)32-22)35-15-18-6-4-3-5-7-18;1-12-6-18(24(29,30)31)33-9-16(12)23(36,19-10-32-11-35(19)3)13-4-5-17-14(7-13)20(25)15(21(26)34-17)8-22(2,27)28;1-5-13-18(21)14-8-12(6-7-15(14)25-19(13)22)20(29,17-10-24-26-28(17)4)16-9-23-11(2)27(16)3/h4-15,17,34H,16H2,1-3H3;3-14,16,34H,15H2,1-2H3;4-7,9-11,36H,8H2,1-3H3;6-10,29H,5H2,1-4H3. The fourth-order valence-corrected chi connectivity index (χ4v) is 18.4. The lowest BCUT2D eigenvalue weighted by Gasteiger charge is -2.31. The zero-order valence-electron chi connectivity index (χ0n) is 74.9. The number of aryl methyl sites for hydroxylation is 8. The highest BCUT2D eigenvalue weighted by atomic mass is 35.5. The Hall–Kier alpha value is -12.7. The molecule has 0 bridgehead atoms. The van der Waals surface area contributed by atoms with Crippen LogP contribution in [-0.2, 0) is 89.9 Å². The normalized spacial score (nSPS) is 13.5. The molecule has 25 nitrogen and oxygen atoms in total. The molecule has 0 aliphatic heterocycles. The van der Waals surface area contributed by atoms with Gasteiger partial charge in [0.2, 0.25) is 11.7 Å². The molecule has 0 saturated carbocycles. The molecule has 4 N–H and O–H groups in total. The number of aromatic nitrogens is 18. The van der Waals surface area contributed by atoms with Gasteiger partial charge >= 0.3 is 6.18 Å². The molecule has 4 unspecified atom stereocenters. The lowest BCUT2D eigenvalue weighted by Crippen LogP contribution is -2.33. The van der Waals surface area contributed by atoms with E-state index in [-0.39, 0.29) is 54.2 Å². The Balaban J connectivity index is 0.000000138. The highest BCUT2D eigenvalue weighted by Gasteiger charge is 2.45. The second-order valence-corrected chi connectivity index (χ2v) is 35.1. The average molecular weight is 1980 g/mol. The van der Waals surface area contributed by atoms with Crippen LogP contribution in [0.3, 0.4) is 0 Å². The maximum atomic E-state index is 13.8. The minimum atomic E-state index is -4.67. The summed E-state index contributed by atoms with van der Waals surface area (Å²) in [5, 5.41) is 60.3. The SMILES string of the molecule is CCc1c(Cl)nc2ccc(C(O)(c3cnnn3C)c3cnc(C)n3C)cc2c1Cl.COc1nc2ccc(C(O)(c3ccc(C)nc3)c3cncn3C)cc2c(Cl)c1OCc1ccccc1.Cc1cc(C(F)(F)F)ncc1C(O)(c1ccc2nc(Cl)c(CC(C)(F)F)c(Cl)c2c1)c1cncn1C.Cc1ccc(C(O)(c2ccc3nc(Cl)c(OCc4ccccc4)c(Cl)c3c2)c2cncn2C)cn1. The summed E-state index contributed by atoms with van der Waals surface area (Å²) in [6.45, 7) is 10.4. The van der Waals surface area contributed by atoms with E-state index in [1.165, 1.54) is 49.3 Å². The van der Waals surface area contributed by atoms with Gasteiger partial charge in [0.05, 0.1) is 122 Å². The number of halogens is 12. The third-order valence-electron chi connectivity index (χ3n) is 23.5. The molecule has 0 amide bonds. The van der Waals surface area contributed by atoms with Crippen molar-refractivity contribution < 1.29 is 56.6 Å². The van der Waals surface area contributed by atoms with Gasteiger partial charge in [0.15, 0.2) is 33.3 Å². The number of pyridine rings is 7. The van der Waals surface area contributed by atoms with Crippen molar-refractivity contribution in [2.24, 2.45) is 35.2 Å². The topological polar surface area (TPSA) is 301 Å². The Morgan fingerprint density at radius 2 is 0.824 bits per heavy atom. The van der Waals surface area contributed by atoms with Gasteiger partial charge in [0.25, 0.3) is 5.88 Å². The summed E-state index contributed by atoms with van der Waals surface area (Å²) in [6.07, 6.45) is 12.1. The van der Waals surface area contributed by atoms with Crippen molar-refractivity contribution in [2.75, 3.05) is 7.11 Å². The quantitative estimate of drug-likeness (QED) is 0.0362. The van der Waals surface area contributed by atoms with E-state index in [4.69, 9.17) is 95.4 Å². The fourth-order valence-electron chi connectivity index (χ4n) is 16.2. The first-order chi connectivity index (χ1) is 64.7. The molecule has 136 heavy (non-hydrogen) atoms. The number of rotatable bonds is 22. The van der Waals surface area contributed by atoms with E-state index in [9.17, 15) is 42.4 Å². The highest BCUT2D eigenvalue weighted by Crippen LogP contribution is 2.49. The molecule has 0 saturated heterocycles. The Labute approximate surface area is 811 Å². The van der Waals surface area contributed by atoms with Gasteiger partial charge in [-0.25, -0.2) is 53.3 Å². The van der Waals surface area contributed by atoms with Crippen LogP contribution >= 0.6 is 81.2 Å². The molecule has 12 aromatic heterocycles. The Morgan fingerprint density at radius 3 is 1.23 bits per heavy atom. The summed E-state index contributed by atoms with van der Waals surface area (Å²) in [5.41, 5.74) is 4.63. The van der Waals surface area contributed by atoms with E-state index < -0.39 is 46.6 Å². The molecule has 18 aromatic rings. The zero-order chi connectivity index (χ0) is 97.4.